The third-order valence-corrected chi connectivity index (χ3v) is 5.86. The van der Waals surface area contributed by atoms with Crippen LogP contribution in [0.2, 0.25) is 0 Å². The Bertz CT molecular complexity index is 1390. The van der Waals surface area contributed by atoms with E-state index >= 15 is 0 Å². The Kier molecular flexibility index (Phi) is 7.18. The molecule has 1 saturated heterocycles. The molecular formula is C26H24N6O3. The predicted octanol–water partition coefficient (Wildman–Crippen LogP) is 3.12. The zero-order chi connectivity index (χ0) is 24.8. The maximum absolute atomic E-state index is 12.6. The summed E-state index contributed by atoms with van der Waals surface area (Å²) in [4.78, 5) is 35.4. The number of nitrogens with one attached hydrogen (secondary N) is 1. The lowest BCUT2D eigenvalue weighted by molar-refractivity contribution is 0.0938. The van der Waals surface area contributed by atoms with Gasteiger partial charge in [0.2, 0.25) is 0 Å². The number of nitriles is 2. The molecule has 176 valence electrons. The predicted molar refractivity (Wildman–Crippen MR) is 131 cm³/mol. The van der Waals surface area contributed by atoms with E-state index in [2.05, 4.69) is 20.2 Å². The first-order valence-electron chi connectivity index (χ1n) is 11.4. The van der Waals surface area contributed by atoms with Crippen LogP contribution in [0.5, 0.6) is 0 Å². The Morgan fingerprint density at radius 1 is 1.17 bits per heavy atom. The Hall–Kier alpha value is -4.50. The van der Waals surface area contributed by atoms with Crippen molar-refractivity contribution >= 4 is 28.8 Å². The smallest absolute Gasteiger partial charge is 0.345 e. The summed E-state index contributed by atoms with van der Waals surface area (Å²) in [5.41, 5.74) is 2.04. The minimum Gasteiger partial charge on any atom is -0.422 e. The third kappa shape index (κ3) is 5.53. The molecule has 3 aromatic rings. The van der Waals surface area contributed by atoms with Gasteiger partial charge in [0.15, 0.2) is 12.1 Å². The number of hydrogen-bond donors (Lipinski definition) is 1. The van der Waals surface area contributed by atoms with Crippen molar-refractivity contribution in [3.63, 3.8) is 0 Å². The van der Waals surface area contributed by atoms with Crippen LogP contribution in [0.4, 0.5) is 5.69 Å². The van der Waals surface area contributed by atoms with Crippen molar-refractivity contribution in [2.24, 2.45) is 4.99 Å². The molecule has 0 spiro atoms. The lowest BCUT2D eigenvalue weighted by Crippen LogP contribution is -2.41. The second-order valence-electron chi connectivity index (χ2n) is 8.41. The van der Waals surface area contributed by atoms with Gasteiger partial charge in [-0.2, -0.15) is 10.5 Å². The van der Waals surface area contributed by atoms with Gasteiger partial charge in [0.05, 0.1) is 17.7 Å². The number of pyridine rings is 1. The Balaban J connectivity index is 1.52. The van der Waals surface area contributed by atoms with Gasteiger partial charge < -0.3 is 14.6 Å². The Morgan fingerprint density at radius 2 is 1.97 bits per heavy atom. The highest BCUT2D eigenvalue weighted by Crippen LogP contribution is 2.24. The minimum atomic E-state index is -1.23. The number of nitrogens with zero attached hydrogens (tertiary/aromatic N) is 5. The van der Waals surface area contributed by atoms with E-state index in [-0.39, 0.29) is 11.3 Å². The summed E-state index contributed by atoms with van der Waals surface area (Å²) in [6, 6.07) is 11.9. The van der Waals surface area contributed by atoms with Crippen molar-refractivity contribution in [1.82, 2.24) is 10.3 Å². The lowest BCUT2D eigenvalue weighted by atomic mass is 10.1. The molecule has 1 fully saturated rings. The van der Waals surface area contributed by atoms with E-state index in [4.69, 9.17) is 4.42 Å². The molecule has 4 rings (SSSR count). The monoisotopic (exact) mass is 468 g/mol. The zero-order valence-corrected chi connectivity index (χ0v) is 19.3. The molecule has 9 nitrogen and oxygen atoms in total. The molecule has 9 heteroatoms. The number of fused-ring (bicyclic) bond motifs is 1. The number of anilines is 1. The number of piperidine rings is 1. The quantitative estimate of drug-likeness (QED) is 0.434. The maximum Gasteiger partial charge on any atom is 0.345 e. The van der Waals surface area contributed by atoms with Crippen molar-refractivity contribution in [3.8, 4) is 12.1 Å². The summed E-state index contributed by atoms with van der Waals surface area (Å²) in [6.45, 7) is 3.80. The largest absolute Gasteiger partial charge is 0.422 e. The normalized spacial score (nSPS) is 15.3. The number of rotatable bonds is 6. The van der Waals surface area contributed by atoms with Crippen LogP contribution >= 0.6 is 0 Å². The van der Waals surface area contributed by atoms with Crippen LogP contribution in [0.3, 0.4) is 0 Å². The van der Waals surface area contributed by atoms with Crippen molar-refractivity contribution in [2.75, 3.05) is 18.0 Å². The molecule has 0 saturated carbocycles. The Labute approximate surface area is 202 Å². The average molecular weight is 469 g/mol. The average Bonchev–Trinajstić information content (AvgIpc) is 2.88. The van der Waals surface area contributed by atoms with Crippen LogP contribution < -0.4 is 15.8 Å². The highest BCUT2D eigenvalue weighted by atomic mass is 16.4. The number of carbonyl (C=O) groups excluding carboxylic acids is 1. The lowest BCUT2D eigenvalue weighted by Gasteiger charge is -2.28. The number of aromatic nitrogens is 1. The van der Waals surface area contributed by atoms with E-state index in [0.29, 0.717) is 5.58 Å². The molecule has 1 N–H and O–H groups in total. The molecule has 1 amide bonds. The number of amides is 1. The highest BCUT2D eigenvalue weighted by Gasteiger charge is 2.23. The summed E-state index contributed by atoms with van der Waals surface area (Å²) >= 11 is 0. The van der Waals surface area contributed by atoms with Crippen LogP contribution in [0.1, 0.15) is 40.9 Å². The topological polar surface area (TPSA) is 135 Å². The maximum atomic E-state index is 12.6. The first-order chi connectivity index (χ1) is 17.0. The number of hydrogen-bond acceptors (Lipinski definition) is 8. The molecule has 1 aliphatic rings. The summed E-state index contributed by atoms with van der Waals surface area (Å²) in [5, 5.41) is 22.2. The molecule has 2 atom stereocenters. The van der Waals surface area contributed by atoms with Crippen molar-refractivity contribution in [2.45, 2.75) is 38.3 Å². The van der Waals surface area contributed by atoms with Gasteiger partial charge in [-0.3, -0.25) is 14.8 Å². The molecule has 1 aliphatic heterocycles. The zero-order valence-electron chi connectivity index (χ0n) is 19.3. The van der Waals surface area contributed by atoms with Gasteiger partial charge >= 0.3 is 5.63 Å². The second kappa shape index (κ2) is 10.6. The highest BCUT2D eigenvalue weighted by molar-refractivity contribution is 5.93. The summed E-state index contributed by atoms with van der Waals surface area (Å²) in [7, 11) is 0. The number of aryl methyl sites for hydroxylation is 1. The summed E-state index contributed by atoms with van der Waals surface area (Å²) in [5.74, 6) is -0.596. The van der Waals surface area contributed by atoms with Crippen molar-refractivity contribution in [3.05, 3.63) is 69.8 Å². The van der Waals surface area contributed by atoms with Gasteiger partial charge in [-0.05, 0) is 56.0 Å². The van der Waals surface area contributed by atoms with E-state index in [9.17, 15) is 20.1 Å². The van der Waals surface area contributed by atoms with Crippen molar-refractivity contribution in [1.29, 1.82) is 10.5 Å². The van der Waals surface area contributed by atoms with E-state index in [1.54, 1.807) is 12.1 Å². The fourth-order valence-electron chi connectivity index (χ4n) is 3.91. The number of benzene rings is 1. The fourth-order valence-corrected chi connectivity index (χ4v) is 3.91. The molecule has 2 aromatic heterocycles. The summed E-state index contributed by atoms with van der Waals surface area (Å²) in [6.07, 6.45) is 6.25. The van der Waals surface area contributed by atoms with Gasteiger partial charge in [0.1, 0.15) is 11.3 Å². The molecule has 3 heterocycles. The van der Waals surface area contributed by atoms with Gasteiger partial charge in [-0.25, -0.2) is 4.79 Å². The molecule has 0 aliphatic carbocycles. The standard InChI is InChI=1S/C26H24N6O3/c1-17-5-8-21(29-15-17)25(33)31-23(14-28)22(13-27)30-16-19-11-18-6-7-20(12-24(18)35-26(19)34)32-9-3-2-4-10-32/h5-8,11-12,15-16,22-23H,2-4,9-10H2,1H3,(H,31,33). The SMILES string of the molecule is Cc1ccc(C(=O)NC(C#N)C(C#N)N=Cc2cc3ccc(N4CCCCC4)cc3oc2=O)nc1. The number of aliphatic imine (C=N–C) groups is 1. The van der Waals surface area contributed by atoms with Gasteiger partial charge in [0.25, 0.3) is 5.91 Å². The van der Waals surface area contributed by atoms with E-state index in [1.807, 2.05) is 37.3 Å². The Morgan fingerprint density at radius 3 is 2.66 bits per heavy atom. The molecular weight excluding hydrogens is 444 g/mol. The van der Waals surface area contributed by atoms with Crippen LogP contribution in [-0.2, 0) is 0 Å². The first-order valence-corrected chi connectivity index (χ1v) is 11.4. The summed E-state index contributed by atoms with van der Waals surface area (Å²) < 4.78 is 5.51. The molecule has 2 unspecified atom stereocenters. The number of carbonyl (C=O) groups is 1. The molecule has 0 bridgehead atoms. The van der Waals surface area contributed by atoms with Crippen LogP contribution in [0.25, 0.3) is 11.0 Å². The molecule has 35 heavy (non-hydrogen) atoms. The first kappa shape index (κ1) is 23.7. The van der Waals surface area contributed by atoms with E-state index in [1.165, 1.54) is 24.9 Å². The van der Waals surface area contributed by atoms with Crippen LogP contribution in [-0.4, -0.2) is 42.3 Å². The van der Waals surface area contributed by atoms with Crippen LogP contribution in [0.15, 0.2) is 56.8 Å². The fraction of sp³-hybridized carbons (Fsp3) is 0.308. The van der Waals surface area contributed by atoms with E-state index < -0.39 is 23.6 Å². The minimum absolute atomic E-state index is 0.121. The van der Waals surface area contributed by atoms with Gasteiger partial charge in [0, 0.05) is 42.6 Å². The molecule has 0 radical (unpaired) electrons. The van der Waals surface area contributed by atoms with Crippen molar-refractivity contribution < 1.29 is 9.21 Å². The van der Waals surface area contributed by atoms with Gasteiger partial charge in [-0.1, -0.05) is 6.07 Å². The van der Waals surface area contributed by atoms with Gasteiger partial charge in [-0.15, -0.1) is 0 Å². The van der Waals surface area contributed by atoms with Crippen LogP contribution in [0, 0.1) is 29.6 Å². The van der Waals surface area contributed by atoms with E-state index in [0.717, 1.165) is 42.6 Å². The third-order valence-electron chi connectivity index (χ3n) is 5.86. The molecule has 1 aromatic carbocycles. The second-order valence-corrected chi connectivity index (χ2v) is 8.41.